The molecule has 1 saturated heterocycles. The lowest BCUT2D eigenvalue weighted by atomic mass is 10.2. The fraction of sp³-hybridized carbons (Fsp3) is 0.368. The van der Waals surface area contributed by atoms with E-state index in [1.54, 1.807) is 12.3 Å². The van der Waals surface area contributed by atoms with E-state index in [0.717, 1.165) is 29.9 Å². The second-order valence-corrected chi connectivity index (χ2v) is 8.13. The second-order valence-electron chi connectivity index (χ2n) is 6.48. The van der Waals surface area contributed by atoms with Gasteiger partial charge in [0.1, 0.15) is 0 Å². The fourth-order valence-corrected chi connectivity index (χ4v) is 3.53. The van der Waals surface area contributed by atoms with Gasteiger partial charge in [0.05, 0.1) is 25.1 Å². The maximum atomic E-state index is 12.1. The average molecular weight is 404 g/mol. The maximum absolute atomic E-state index is 12.1. The standard InChI is InChI=1S/C19H25N5O3S/c1-16-2-4-17(5-3-16)6-13-28(25,26)22-8-7-20-19-14-18(15-21-23-19)24-9-11-27-12-10-24/h2-6,13-15,22H,7-12H2,1H3,(H,20,23)/b13-6+. The Morgan fingerprint density at radius 2 is 1.93 bits per heavy atom. The number of nitrogens with zero attached hydrogens (tertiary/aromatic N) is 3. The summed E-state index contributed by atoms with van der Waals surface area (Å²) in [6.45, 7) is 5.66. The normalized spacial score (nSPS) is 15.1. The van der Waals surface area contributed by atoms with Gasteiger partial charge in [0.15, 0.2) is 5.82 Å². The van der Waals surface area contributed by atoms with Crippen molar-refractivity contribution in [2.24, 2.45) is 0 Å². The van der Waals surface area contributed by atoms with Crippen LogP contribution in [0, 0.1) is 6.92 Å². The van der Waals surface area contributed by atoms with Crippen molar-refractivity contribution in [3.63, 3.8) is 0 Å². The number of aryl methyl sites for hydroxylation is 1. The fourth-order valence-electron chi connectivity index (χ4n) is 2.71. The Hall–Kier alpha value is -2.49. The molecule has 8 nitrogen and oxygen atoms in total. The SMILES string of the molecule is Cc1ccc(/C=C/S(=O)(=O)NCCNc2cc(N3CCOCC3)cnn2)cc1. The third-order valence-corrected chi connectivity index (χ3v) is 5.37. The summed E-state index contributed by atoms with van der Waals surface area (Å²) in [6.07, 6.45) is 3.29. The molecule has 0 atom stereocenters. The van der Waals surface area contributed by atoms with Gasteiger partial charge >= 0.3 is 0 Å². The van der Waals surface area contributed by atoms with Crippen molar-refractivity contribution < 1.29 is 13.2 Å². The van der Waals surface area contributed by atoms with Crippen molar-refractivity contribution in [2.45, 2.75) is 6.92 Å². The molecule has 1 aliphatic rings. The topological polar surface area (TPSA) is 96.5 Å². The summed E-state index contributed by atoms with van der Waals surface area (Å²) >= 11 is 0. The molecule has 0 bridgehead atoms. The van der Waals surface area contributed by atoms with Gasteiger partial charge in [0.2, 0.25) is 10.0 Å². The molecule has 28 heavy (non-hydrogen) atoms. The van der Waals surface area contributed by atoms with Crippen LogP contribution in [0.5, 0.6) is 0 Å². The number of morpholine rings is 1. The molecule has 2 N–H and O–H groups in total. The number of hydrogen-bond donors (Lipinski definition) is 2. The van der Waals surface area contributed by atoms with E-state index in [0.29, 0.717) is 25.6 Å². The van der Waals surface area contributed by atoms with E-state index in [9.17, 15) is 8.42 Å². The van der Waals surface area contributed by atoms with Gasteiger partial charge in [-0.25, -0.2) is 13.1 Å². The molecular formula is C19H25N5O3S. The molecule has 0 amide bonds. The van der Waals surface area contributed by atoms with Crippen molar-refractivity contribution in [1.82, 2.24) is 14.9 Å². The first-order valence-electron chi connectivity index (χ1n) is 9.15. The number of nitrogens with one attached hydrogen (secondary N) is 2. The van der Waals surface area contributed by atoms with Crippen LogP contribution in [-0.4, -0.2) is 58.0 Å². The molecule has 150 valence electrons. The third kappa shape index (κ3) is 6.29. The Balaban J connectivity index is 1.46. The van der Waals surface area contributed by atoms with E-state index in [-0.39, 0.29) is 6.54 Å². The van der Waals surface area contributed by atoms with Crippen LogP contribution in [0.3, 0.4) is 0 Å². The van der Waals surface area contributed by atoms with Crippen molar-refractivity contribution in [3.05, 3.63) is 53.1 Å². The van der Waals surface area contributed by atoms with Crippen LogP contribution >= 0.6 is 0 Å². The quantitative estimate of drug-likeness (QED) is 0.647. The Morgan fingerprint density at radius 1 is 1.18 bits per heavy atom. The molecule has 2 heterocycles. The first-order valence-corrected chi connectivity index (χ1v) is 10.7. The average Bonchev–Trinajstić information content (AvgIpc) is 2.72. The Kier molecular flexibility index (Phi) is 6.96. The van der Waals surface area contributed by atoms with E-state index in [4.69, 9.17) is 4.74 Å². The highest BCUT2D eigenvalue weighted by molar-refractivity contribution is 7.92. The summed E-state index contributed by atoms with van der Waals surface area (Å²) in [6, 6.07) is 9.54. The van der Waals surface area contributed by atoms with E-state index in [1.165, 1.54) is 5.41 Å². The molecule has 3 rings (SSSR count). The number of sulfonamides is 1. The molecule has 1 fully saturated rings. The van der Waals surface area contributed by atoms with Crippen molar-refractivity contribution in [3.8, 4) is 0 Å². The lowest BCUT2D eigenvalue weighted by molar-refractivity contribution is 0.122. The smallest absolute Gasteiger partial charge is 0.233 e. The largest absolute Gasteiger partial charge is 0.378 e. The van der Waals surface area contributed by atoms with Crippen LogP contribution in [-0.2, 0) is 14.8 Å². The molecular weight excluding hydrogens is 378 g/mol. The molecule has 2 aromatic rings. The maximum Gasteiger partial charge on any atom is 0.233 e. The highest BCUT2D eigenvalue weighted by atomic mass is 32.2. The molecule has 0 unspecified atom stereocenters. The zero-order valence-corrected chi connectivity index (χ0v) is 16.7. The molecule has 0 radical (unpaired) electrons. The van der Waals surface area contributed by atoms with Gasteiger partial charge in [-0.3, -0.25) is 0 Å². The molecule has 1 aromatic heterocycles. The van der Waals surface area contributed by atoms with E-state index in [1.807, 2.05) is 37.3 Å². The summed E-state index contributed by atoms with van der Waals surface area (Å²) in [7, 11) is -3.50. The zero-order chi connectivity index (χ0) is 19.8. The summed E-state index contributed by atoms with van der Waals surface area (Å²) < 4.78 is 32.0. The first-order chi connectivity index (χ1) is 13.5. The van der Waals surface area contributed by atoms with Gasteiger partial charge in [0, 0.05) is 37.7 Å². The lowest BCUT2D eigenvalue weighted by Crippen LogP contribution is -2.36. The predicted octanol–water partition coefficient (Wildman–Crippen LogP) is 1.62. The monoisotopic (exact) mass is 403 g/mol. The highest BCUT2D eigenvalue weighted by Crippen LogP contribution is 2.16. The predicted molar refractivity (Wildman–Crippen MR) is 111 cm³/mol. The van der Waals surface area contributed by atoms with Crippen molar-refractivity contribution >= 4 is 27.6 Å². The van der Waals surface area contributed by atoms with Crippen molar-refractivity contribution in [1.29, 1.82) is 0 Å². The summed E-state index contributed by atoms with van der Waals surface area (Å²) in [5, 5.41) is 12.3. The highest BCUT2D eigenvalue weighted by Gasteiger charge is 2.12. The molecule has 1 aliphatic heterocycles. The molecule has 0 spiro atoms. The first kappa shape index (κ1) is 20.2. The van der Waals surface area contributed by atoms with Crippen LogP contribution in [0.1, 0.15) is 11.1 Å². The van der Waals surface area contributed by atoms with Crippen LogP contribution < -0.4 is 14.9 Å². The number of ether oxygens (including phenoxy) is 1. The van der Waals surface area contributed by atoms with Gasteiger partial charge in [-0.1, -0.05) is 29.8 Å². The zero-order valence-electron chi connectivity index (χ0n) is 15.8. The molecule has 9 heteroatoms. The number of hydrogen-bond acceptors (Lipinski definition) is 7. The van der Waals surface area contributed by atoms with Gasteiger partial charge in [0.25, 0.3) is 0 Å². The lowest BCUT2D eigenvalue weighted by Gasteiger charge is -2.28. The van der Waals surface area contributed by atoms with E-state index in [2.05, 4.69) is 25.1 Å². The van der Waals surface area contributed by atoms with Gasteiger partial charge < -0.3 is 15.0 Å². The van der Waals surface area contributed by atoms with Gasteiger partial charge in [-0.15, -0.1) is 5.10 Å². The Morgan fingerprint density at radius 3 is 2.68 bits per heavy atom. The van der Waals surface area contributed by atoms with Crippen LogP contribution in [0.4, 0.5) is 11.5 Å². The Bertz CT molecular complexity index is 894. The minimum Gasteiger partial charge on any atom is -0.378 e. The van der Waals surface area contributed by atoms with Crippen LogP contribution in [0.25, 0.3) is 6.08 Å². The number of rotatable bonds is 8. The van der Waals surface area contributed by atoms with Crippen molar-refractivity contribution in [2.75, 3.05) is 49.6 Å². The van der Waals surface area contributed by atoms with Gasteiger partial charge in [-0.05, 0) is 18.6 Å². The number of anilines is 2. The number of benzene rings is 1. The molecule has 1 aromatic carbocycles. The Labute approximate surface area is 165 Å². The van der Waals surface area contributed by atoms with Crippen LogP contribution in [0.2, 0.25) is 0 Å². The number of aromatic nitrogens is 2. The minimum atomic E-state index is -3.50. The van der Waals surface area contributed by atoms with Crippen LogP contribution in [0.15, 0.2) is 41.9 Å². The van der Waals surface area contributed by atoms with Gasteiger partial charge in [-0.2, -0.15) is 5.10 Å². The minimum absolute atomic E-state index is 0.240. The summed E-state index contributed by atoms with van der Waals surface area (Å²) in [5.74, 6) is 0.610. The second kappa shape index (κ2) is 9.63. The third-order valence-electron chi connectivity index (χ3n) is 4.27. The molecule has 0 aliphatic carbocycles. The summed E-state index contributed by atoms with van der Waals surface area (Å²) in [5.41, 5.74) is 2.94. The molecule has 0 saturated carbocycles. The van der Waals surface area contributed by atoms with E-state index >= 15 is 0 Å². The summed E-state index contributed by atoms with van der Waals surface area (Å²) in [4.78, 5) is 2.18. The van der Waals surface area contributed by atoms with E-state index < -0.39 is 10.0 Å².